The first-order chi connectivity index (χ1) is 19.0. The number of carbonyl (C=O) groups excluding carboxylic acids is 1. The highest BCUT2D eigenvalue weighted by molar-refractivity contribution is 6.32. The number of carbonyl (C=O) groups is 1. The molecular formula is C32H31ClN2O4. The van der Waals surface area contributed by atoms with Crippen molar-refractivity contribution in [2.75, 3.05) is 6.61 Å². The number of fused-ring (bicyclic) bond motifs is 1. The van der Waals surface area contributed by atoms with E-state index < -0.39 is 11.9 Å². The third-order valence-corrected chi connectivity index (χ3v) is 6.79. The zero-order valence-corrected chi connectivity index (χ0v) is 22.6. The molecule has 0 saturated heterocycles. The molecule has 0 bridgehead atoms. The van der Waals surface area contributed by atoms with Crippen LogP contribution in [0.5, 0.6) is 17.2 Å². The molecule has 0 amide bonds. The van der Waals surface area contributed by atoms with Crippen molar-refractivity contribution in [1.29, 1.82) is 5.26 Å². The van der Waals surface area contributed by atoms with Gasteiger partial charge in [-0.1, -0.05) is 80.6 Å². The lowest BCUT2D eigenvalue weighted by atomic mass is 9.83. The van der Waals surface area contributed by atoms with Crippen molar-refractivity contribution >= 4 is 23.6 Å². The Labute approximate surface area is 234 Å². The summed E-state index contributed by atoms with van der Waals surface area (Å²) in [5.41, 5.74) is 8.78. The fourth-order valence-corrected chi connectivity index (χ4v) is 4.61. The molecule has 0 saturated carbocycles. The predicted molar refractivity (Wildman–Crippen MR) is 153 cm³/mol. The van der Waals surface area contributed by atoms with E-state index in [1.807, 2.05) is 36.4 Å². The van der Waals surface area contributed by atoms with Crippen molar-refractivity contribution < 1.29 is 19.0 Å². The van der Waals surface area contributed by atoms with E-state index in [2.05, 4.69) is 13.0 Å². The number of esters is 1. The van der Waals surface area contributed by atoms with Crippen LogP contribution in [0.4, 0.5) is 0 Å². The first kappa shape index (κ1) is 27.8. The molecule has 1 heterocycles. The van der Waals surface area contributed by atoms with Crippen LogP contribution in [0.1, 0.15) is 61.6 Å². The second-order valence-electron chi connectivity index (χ2n) is 9.23. The van der Waals surface area contributed by atoms with E-state index in [0.29, 0.717) is 28.5 Å². The van der Waals surface area contributed by atoms with Crippen LogP contribution in [0.2, 0.25) is 5.02 Å². The molecule has 39 heavy (non-hydrogen) atoms. The van der Waals surface area contributed by atoms with Gasteiger partial charge >= 0.3 is 5.97 Å². The summed E-state index contributed by atoms with van der Waals surface area (Å²) < 4.78 is 17.1. The second-order valence-corrected chi connectivity index (χ2v) is 9.64. The van der Waals surface area contributed by atoms with Crippen LogP contribution >= 0.6 is 11.6 Å². The van der Waals surface area contributed by atoms with Gasteiger partial charge in [-0.25, -0.2) is 4.79 Å². The number of unbranched alkanes of at least 4 members (excludes halogenated alkanes) is 4. The molecule has 3 aromatic rings. The maximum atomic E-state index is 12.4. The summed E-state index contributed by atoms with van der Waals surface area (Å²) in [6, 6.07) is 22.1. The van der Waals surface area contributed by atoms with Gasteiger partial charge in [-0.2, -0.15) is 5.26 Å². The van der Waals surface area contributed by atoms with Crippen LogP contribution in [0.25, 0.3) is 6.08 Å². The average molecular weight is 543 g/mol. The SMILES string of the molecule is CCCCCCCOc1ccc(C2C(C#N)=C(N)Oc3cc(OC(=O)/C=C/c4ccccc4Cl)ccc32)cc1. The zero-order valence-electron chi connectivity index (χ0n) is 21.9. The summed E-state index contributed by atoms with van der Waals surface area (Å²) >= 11 is 6.14. The van der Waals surface area contributed by atoms with E-state index in [1.54, 1.807) is 36.4 Å². The number of ether oxygens (including phenoxy) is 3. The smallest absolute Gasteiger partial charge is 0.336 e. The van der Waals surface area contributed by atoms with Crippen molar-refractivity contribution in [3.63, 3.8) is 0 Å². The van der Waals surface area contributed by atoms with Gasteiger partial charge in [0.2, 0.25) is 5.88 Å². The minimum absolute atomic E-state index is 0.0181. The first-order valence-corrected chi connectivity index (χ1v) is 13.5. The van der Waals surface area contributed by atoms with Crippen LogP contribution in [-0.2, 0) is 4.79 Å². The summed E-state index contributed by atoms with van der Waals surface area (Å²) in [4.78, 5) is 12.4. The Morgan fingerprint density at radius 2 is 1.79 bits per heavy atom. The highest BCUT2D eigenvalue weighted by atomic mass is 35.5. The van der Waals surface area contributed by atoms with Gasteiger partial charge in [0.05, 0.1) is 12.5 Å². The molecule has 1 aliphatic heterocycles. The molecule has 0 spiro atoms. The van der Waals surface area contributed by atoms with Crippen LogP contribution in [0.3, 0.4) is 0 Å². The summed E-state index contributed by atoms with van der Waals surface area (Å²) in [5, 5.41) is 10.4. The molecule has 3 aromatic carbocycles. The molecule has 1 unspecified atom stereocenters. The van der Waals surface area contributed by atoms with Gasteiger partial charge in [0.1, 0.15) is 28.9 Å². The Hall–Kier alpha value is -4.21. The normalized spacial score (nSPS) is 14.4. The highest BCUT2D eigenvalue weighted by Crippen LogP contribution is 2.43. The van der Waals surface area contributed by atoms with Crippen molar-refractivity contribution in [2.45, 2.75) is 44.9 Å². The molecule has 0 aliphatic carbocycles. The molecule has 0 aromatic heterocycles. The van der Waals surface area contributed by atoms with Gasteiger partial charge in [0, 0.05) is 22.7 Å². The predicted octanol–water partition coefficient (Wildman–Crippen LogP) is 7.53. The molecule has 1 aliphatic rings. The monoisotopic (exact) mass is 542 g/mol. The summed E-state index contributed by atoms with van der Waals surface area (Å²) in [5.74, 6) is 0.520. The van der Waals surface area contributed by atoms with Gasteiger partial charge < -0.3 is 19.9 Å². The summed E-state index contributed by atoms with van der Waals surface area (Å²) in [6.45, 7) is 2.88. The number of hydrogen-bond acceptors (Lipinski definition) is 6. The maximum absolute atomic E-state index is 12.4. The molecule has 2 N–H and O–H groups in total. The van der Waals surface area contributed by atoms with E-state index in [-0.39, 0.29) is 11.6 Å². The maximum Gasteiger partial charge on any atom is 0.336 e. The van der Waals surface area contributed by atoms with Crippen LogP contribution in [0.15, 0.2) is 84.3 Å². The number of halogens is 1. The van der Waals surface area contributed by atoms with E-state index >= 15 is 0 Å². The van der Waals surface area contributed by atoms with Crippen LogP contribution < -0.4 is 19.9 Å². The van der Waals surface area contributed by atoms with Crippen LogP contribution in [0, 0.1) is 11.3 Å². The molecule has 4 rings (SSSR count). The van der Waals surface area contributed by atoms with E-state index in [0.717, 1.165) is 29.7 Å². The topological polar surface area (TPSA) is 94.6 Å². The Kier molecular flexibility index (Phi) is 9.66. The number of benzene rings is 3. The quantitative estimate of drug-likeness (QED) is 0.116. The summed E-state index contributed by atoms with van der Waals surface area (Å²) in [7, 11) is 0. The number of nitrogens with zero attached hydrogens (tertiary/aromatic N) is 1. The van der Waals surface area contributed by atoms with Crippen molar-refractivity contribution in [3.8, 4) is 23.3 Å². The molecule has 1 atom stereocenters. The highest BCUT2D eigenvalue weighted by Gasteiger charge is 2.31. The first-order valence-electron chi connectivity index (χ1n) is 13.1. The number of allylic oxidation sites excluding steroid dienone is 1. The standard InChI is InChI=1S/C32H31ClN2O4/c1-2-3-4-5-8-19-37-24-14-11-23(12-15-24)31-26-17-16-25(20-29(26)39-32(35)27(31)21-34)38-30(36)18-13-22-9-6-7-10-28(22)33/h6-7,9-18,20,31H,2-5,8,19,35H2,1H3/b18-13+. The van der Waals surface area contributed by atoms with Crippen molar-refractivity contribution in [3.05, 3.63) is 106 Å². The number of nitriles is 1. The van der Waals surface area contributed by atoms with Gasteiger partial charge in [-0.3, -0.25) is 0 Å². The fraction of sp³-hybridized carbons (Fsp3) is 0.250. The Morgan fingerprint density at radius 3 is 2.54 bits per heavy atom. The van der Waals surface area contributed by atoms with E-state index in [1.165, 1.54) is 25.3 Å². The number of nitrogens with two attached hydrogens (primary N) is 1. The van der Waals surface area contributed by atoms with Gasteiger partial charge in [0.15, 0.2) is 0 Å². The van der Waals surface area contributed by atoms with Crippen molar-refractivity contribution in [1.82, 2.24) is 0 Å². The second kappa shape index (κ2) is 13.5. The lowest BCUT2D eigenvalue weighted by Crippen LogP contribution is -2.21. The molecule has 200 valence electrons. The Bertz CT molecular complexity index is 1410. The van der Waals surface area contributed by atoms with Crippen LogP contribution in [-0.4, -0.2) is 12.6 Å². The lowest BCUT2D eigenvalue weighted by molar-refractivity contribution is -0.128. The minimum atomic E-state index is -0.565. The largest absolute Gasteiger partial charge is 0.494 e. The molecule has 6 nitrogen and oxygen atoms in total. The molecule has 7 heteroatoms. The average Bonchev–Trinajstić information content (AvgIpc) is 2.94. The molecular weight excluding hydrogens is 512 g/mol. The molecule has 0 fully saturated rings. The number of hydrogen-bond donors (Lipinski definition) is 1. The lowest BCUT2D eigenvalue weighted by Gasteiger charge is -2.26. The third kappa shape index (κ3) is 7.22. The number of rotatable bonds is 11. The Morgan fingerprint density at radius 1 is 1.05 bits per heavy atom. The molecule has 0 radical (unpaired) electrons. The third-order valence-electron chi connectivity index (χ3n) is 6.44. The van der Waals surface area contributed by atoms with E-state index in [9.17, 15) is 10.1 Å². The zero-order chi connectivity index (χ0) is 27.6. The fourth-order valence-electron chi connectivity index (χ4n) is 4.41. The van der Waals surface area contributed by atoms with Gasteiger partial charge in [-0.15, -0.1) is 0 Å². The van der Waals surface area contributed by atoms with Gasteiger partial charge in [0.25, 0.3) is 0 Å². The summed E-state index contributed by atoms with van der Waals surface area (Å²) in [6.07, 6.45) is 8.79. The minimum Gasteiger partial charge on any atom is -0.494 e. The van der Waals surface area contributed by atoms with E-state index in [4.69, 9.17) is 31.5 Å². The Balaban J connectivity index is 1.47. The van der Waals surface area contributed by atoms with Gasteiger partial charge in [-0.05, 0) is 47.9 Å². The van der Waals surface area contributed by atoms with Crippen molar-refractivity contribution in [2.24, 2.45) is 5.73 Å².